The number of hydrogen-bond acceptors (Lipinski definition) is 4. The lowest BCUT2D eigenvalue weighted by atomic mass is 10.4. The summed E-state index contributed by atoms with van der Waals surface area (Å²) in [5.41, 5.74) is 0. The van der Waals surface area contributed by atoms with Crippen LogP contribution in [-0.4, -0.2) is 18.0 Å². The lowest BCUT2D eigenvalue weighted by molar-refractivity contribution is 0.522. The van der Waals surface area contributed by atoms with Crippen molar-refractivity contribution < 1.29 is 12.8 Å². The molecule has 6 heteroatoms. The zero-order chi connectivity index (χ0) is 13.3. The van der Waals surface area contributed by atoms with Crippen LogP contribution in [0.2, 0.25) is 0 Å². The van der Waals surface area contributed by atoms with Crippen molar-refractivity contribution in [3.05, 3.63) is 36.3 Å². The third kappa shape index (κ3) is 2.33. The molecule has 0 radical (unpaired) electrons. The number of imidazole rings is 1. The Kier molecular flexibility index (Phi) is 3.30. The van der Waals surface area contributed by atoms with Gasteiger partial charge >= 0.3 is 0 Å². The summed E-state index contributed by atoms with van der Waals surface area (Å²) < 4.78 is 31.4. The van der Waals surface area contributed by atoms with Crippen LogP contribution in [0, 0.1) is 6.92 Å². The van der Waals surface area contributed by atoms with E-state index in [0.717, 1.165) is 0 Å². The van der Waals surface area contributed by atoms with Crippen LogP contribution in [0.3, 0.4) is 0 Å². The fourth-order valence-corrected chi connectivity index (χ4v) is 3.34. The number of nitrogens with zero attached hydrogens (tertiary/aromatic N) is 2. The molecule has 0 aromatic carbocycles. The molecule has 0 saturated carbocycles. The van der Waals surface area contributed by atoms with Crippen molar-refractivity contribution in [2.45, 2.75) is 37.5 Å². The maximum atomic E-state index is 12.2. The number of rotatable bonds is 4. The molecule has 0 spiro atoms. The van der Waals surface area contributed by atoms with Gasteiger partial charge < -0.3 is 8.98 Å². The van der Waals surface area contributed by atoms with Gasteiger partial charge in [-0.15, -0.1) is 0 Å². The molecule has 2 aromatic heterocycles. The zero-order valence-corrected chi connectivity index (χ0v) is 11.4. The molecule has 0 bridgehead atoms. The molecule has 0 unspecified atom stereocenters. The first-order valence-corrected chi connectivity index (χ1v) is 7.35. The fraction of sp³-hybridized carbons (Fsp3) is 0.417. The molecule has 2 heterocycles. The molecular weight excluding hydrogens is 252 g/mol. The molecule has 0 saturated heterocycles. The normalized spacial score (nSPS) is 12.2. The van der Waals surface area contributed by atoms with E-state index in [4.69, 9.17) is 4.42 Å². The van der Waals surface area contributed by atoms with E-state index < -0.39 is 9.84 Å². The molecule has 0 aliphatic rings. The van der Waals surface area contributed by atoms with Crippen LogP contribution in [-0.2, 0) is 15.6 Å². The second kappa shape index (κ2) is 4.61. The molecule has 5 nitrogen and oxygen atoms in total. The predicted molar refractivity (Wildman–Crippen MR) is 66.9 cm³/mol. The molecule has 0 fully saturated rings. The van der Waals surface area contributed by atoms with E-state index in [1.165, 1.54) is 12.3 Å². The molecule has 98 valence electrons. The van der Waals surface area contributed by atoms with E-state index >= 15 is 0 Å². The molecule has 2 aromatic rings. The fourth-order valence-electron chi connectivity index (χ4n) is 1.87. The monoisotopic (exact) mass is 268 g/mol. The van der Waals surface area contributed by atoms with Crippen LogP contribution in [0.1, 0.15) is 31.5 Å². The lowest BCUT2D eigenvalue weighted by Gasteiger charge is -2.11. The smallest absolute Gasteiger partial charge is 0.189 e. The topological polar surface area (TPSA) is 65.1 Å². The number of aromatic nitrogens is 2. The zero-order valence-electron chi connectivity index (χ0n) is 10.6. The Bertz CT molecular complexity index is 638. The molecule has 0 aliphatic heterocycles. The summed E-state index contributed by atoms with van der Waals surface area (Å²) in [5.74, 6) is 0.849. The average Bonchev–Trinajstić information content (AvgIpc) is 2.86. The number of aryl methyl sites for hydroxylation is 1. The minimum Gasteiger partial charge on any atom is -0.468 e. The van der Waals surface area contributed by atoms with Crippen molar-refractivity contribution in [1.82, 2.24) is 9.55 Å². The Morgan fingerprint density at radius 1 is 1.44 bits per heavy atom. The standard InChI is InChI=1S/C12H16N2O3S/c1-9(2)14-6-5-13-12(14)8-18(15,16)11-4-7-17-10(11)3/h4-7,9H,8H2,1-3H3. The molecular formula is C12H16N2O3S. The van der Waals surface area contributed by atoms with Gasteiger partial charge in [0.1, 0.15) is 22.2 Å². The average molecular weight is 268 g/mol. The number of furan rings is 1. The van der Waals surface area contributed by atoms with E-state index in [2.05, 4.69) is 4.98 Å². The van der Waals surface area contributed by atoms with Crippen molar-refractivity contribution in [3.8, 4) is 0 Å². The van der Waals surface area contributed by atoms with Crippen LogP contribution in [0.4, 0.5) is 0 Å². The van der Waals surface area contributed by atoms with Gasteiger partial charge in [-0.05, 0) is 26.8 Å². The van der Waals surface area contributed by atoms with E-state index in [0.29, 0.717) is 11.6 Å². The van der Waals surface area contributed by atoms with Gasteiger partial charge in [0.15, 0.2) is 9.84 Å². The van der Waals surface area contributed by atoms with Gasteiger partial charge in [-0.1, -0.05) is 0 Å². The largest absolute Gasteiger partial charge is 0.468 e. The first kappa shape index (κ1) is 12.9. The first-order chi connectivity index (χ1) is 8.42. The van der Waals surface area contributed by atoms with Crippen molar-refractivity contribution in [1.29, 1.82) is 0 Å². The molecule has 0 amide bonds. The first-order valence-electron chi connectivity index (χ1n) is 5.70. The molecule has 2 rings (SSSR count). The molecule has 0 N–H and O–H groups in total. The van der Waals surface area contributed by atoms with Crippen molar-refractivity contribution >= 4 is 9.84 Å². The van der Waals surface area contributed by atoms with Gasteiger partial charge in [-0.25, -0.2) is 13.4 Å². The van der Waals surface area contributed by atoms with E-state index in [9.17, 15) is 8.42 Å². The van der Waals surface area contributed by atoms with Gasteiger partial charge in [-0.3, -0.25) is 0 Å². The highest BCUT2D eigenvalue weighted by Gasteiger charge is 2.22. The summed E-state index contributed by atoms with van der Waals surface area (Å²) >= 11 is 0. The van der Waals surface area contributed by atoms with Crippen molar-refractivity contribution in [2.75, 3.05) is 0 Å². The molecule has 0 atom stereocenters. The summed E-state index contributed by atoms with van der Waals surface area (Å²) in [6, 6.07) is 1.66. The summed E-state index contributed by atoms with van der Waals surface area (Å²) in [4.78, 5) is 4.35. The molecule has 18 heavy (non-hydrogen) atoms. The van der Waals surface area contributed by atoms with E-state index in [1.54, 1.807) is 19.3 Å². The summed E-state index contributed by atoms with van der Waals surface area (Å²) in [6.07, 6.45) is 4.79. The van der Waals surface area contributed by atoms with Crippen LogP contribution in [0.25, 0.3) is 0 Å². The number of sulfone groups is 1. The Balaban J connectivity index is 2.34. The number of hydrogen-bond donors (Lipinski definition) is 0. The van der Waals surface area contributed by atoms with Gasteiger partial charge in [0, 0.05) is 18.4 Å². The van der Waals surface area contributed by atoms with Crippen LogP contribution >= 0.6 is 0 Å². The second-order valence-corrected chi connectivity index (χ2v) is 6.40. The third-order valence-corrected chi connectivity index (χ3v) is 4.50. The quantitative estimate of drug-likeness (QED) is 0.853. The van der Waals surface area contributed by atoms with Crippen LogP contribution in [0.5, 0.6) is 0 Å². The van der Waals surface area contributed by atoms with Gasteiger partial charge in [-0.2, -0.15) is 0 Å². The third-order valence-electron chi connectivity index (χ3n) is 2.77. The highest BCUT2D eigenvalue weighted by Crippen LogP contribution is 2.21. The van der Waals surface area contributed by atoms with Crippen molar-refractivity contribution in [3.63, 3.8) is 0 Å². The maximum Gasteiger partial charge on any atom is 0.189 e. The van der Waals surface area contributed by atoms with E-state index in [-0.39, 0.29) is 16.7 Å². The van der Waals surface area contributed by atoms with E-state index in [1.807, 2.05) is 18.4 Å². The second-order valence-electron chi connectivity index (χ2n) is 4.44. The van der Waals surface area contributed by atoms with Gasteiger partial charge in [0.25, 0.3) is 0 Å². The van der Waals surface area contributed by atoms with Crippen LogP contribution in [0.15, 0.2) is 34.0 Å². The van der Waals surface area contributed by atoms with Gasteiger partial charge in [0.05, 0.1) is 6.26 Å². The minimum absolute atomic E-state index is 0.113. The van der Waals surface area contributed by atoms with Gasteiger partial charge in [0.2, 0.25) is 0 Å². The van der Waals surface area contributed by atoms with Crippen LogP contribution < -0.4 is 0 Å². The minimum atomic E-state index is -3.40. The lowest BCUT2D eigenvalue weighted by Crippen LogP contribution is -2.12. The maximum absolute atomic E-state index is 12.2. The Morgan fingerprint density at radius 3 is 2.72 bits per heavy atom. The SMILES string of the molecule is Cc1occc1S(=O)(=O)Cc1nccn1C(C)C. The Morgan fingerprint density at radius 2 is 2.17 bits per heavy atom. The van der Waals surface area contributed by atoms with Crippen molar-refractivity contribution in [2.24, 2.45) is 0 Å². The highest BCUT2D eigenvalue weighted by molar-refractivity contribution is 7.90. The summed E-state index contributed by atoms with van der Waals surface area (Å²) in [5, 5.41) is 0. The Labute approximate surface area is 106 Å². The predicted octanol–water partition coefficient (Wildman–Crippen LogP) is 2.34. The highest BCUT2D eigenvalue weighted by atomic mass is 32.2. The summed E-state index contributed by atoms with van der Waals surface area (Å²) in [7, 11) is -3.40. The Hall–Kier alpha value is -1.56. The summed E-state index contributed by atoms with van der Waals surface area (Å²) in [6.45, 7) is 5.61. The molecule has 0 aliphatic carbocycles.